The number of rotatable bonds is 3. The summed E-state index contributed by atoms with van der Waals surface area (Å²) in [6.07, 6.45) is 2.64. The van der Waals surface area contributed by atoms with Crippen LogP contribution in [0.2, 0.25) is 0 Å². The largest absolute Gasteiger partial charge is 0.397 e. The minimum absolute atomic E-state index is 0.331. The van der Waals surface area contributed by atoms with Crippen molar-refractivity contribution < 1.29 is 4.74 Å². The molecule has 2 N–H and O–H groups in total. The molecule has 1 aromatic heterocycles. The van der Waals surface area contributed by atoms with Gasteiger partial charge in [-0.1, -0.05) is 0 Å². The fourth-order valence-electron chi connectivity index (χ4n) is 2.62. The number of thiazole rings is 1. The summed E-state index contributed by atoms with van der Waals surface area (Å²) in [5.41, 5.74) is 9.07. The Labute approximate surface area is 117 Å². The summed E-state index contributed by atoms with van der Waals surface area (Å²) in [7, 11) is 2.07. The van der Waals surface area contributed by atoms with Crippen LogP contribution in [0.15, 0.2) is 12.1 Å². The summed E-state index contributed by atoms with van der Waals surface area (Å²) in [5, 5.41) is 1.08. The normalized spacial score (nSPS) is 19.2. The number of aromatic nitrogens is 1. The molecule has 0 saturated carbocycles. The standard InChI is InChI=1S/C14H19N3OS/c1-9-16-12-7-13(11(15)6-14(12)19-9)17(2)8-10-4-3-5-18-10/h6-7,10H,3-5,8,15H2,1-2H3. The first-order valence-corrected chi connectivity index (χ1v) is 7.44. The van der Waals surface area contributed by atoms with E-state index in [1.165, 1.54) is 0 Å². The van der Waals surface area contributed by atoms with Crippen molar-refractivity contribution in [2.45, 2.75) is 25.9 Å². The van der Waals surface area contributed by atoms with Gasteiger partial charge in [0.2, 0.25) is 0 Å². The number of ether oxygens (including phenoxy) is 1. The summed E-state index contributed by atoms with van der Waals surface area (Å²) in [4.78, 5) is 6.71. The lowest BCUT2D eigenvalue weighted by Gasteiger charge is -2.24. The van der Waals surface area contributed by atoms with Gasteiger partial charge in [0.1, 0.15) is 0 Å². The summed E-state index contributed by atoms with van der Waals surface area (Å²) in [6.45, 7) is 3.80. The number of nitrogen functional groups attached to an aromatic ring is 1. The van der Waals surface area contributed by atoms with Gasteiger partial charge >= 0.3 is 0 Å². The Morgan fingerprint density at radius 1 is 1.53 bits per heavy atom. The number of aryl methyl sites for hydroxylation is 1. The van der Waals surface area contributed by atoms with Crippen LogP contribution >= 0.6 is 11.3 Å². The molecule has 1 aliphatic heterocycles. The van der Waals surface area contributed by atoms with Gasteiger partial charge in [-0.25, -0.2) is 4.98 Å². The smallest absolute Gasteiger partial charge is 0.0907 e. The molecular weight excluding hydrogens is 258 g/mol. The second-order valence-corrected chi connectivity index (χ2v) is 6.36. The number of fused-ring (bicyclic) bond motifs is 1. The number of hydrogen-bond acceptors (Lipinski definition) is 5. The van der Waals surface area contributed by atoms with Gasteiger partial charge in [-0.05, 0) is 31.9 Å². The molecule has 1 atom stereocenters. The molecule has 1 aliphatic rings. The monoisotopic (exact) mass is 277 g/mol. The maximum absolute atomic E-state index is 6.17. The number of likely N-dealkylation sites (N-methyl/N-ethyl adjacent to an activating group) is 1. The highest BCUT2D eigenvalue weighted by molar-refractivity contribution is 7.18. The van der Waals surface area contributed by atoms with Crippen LogP contribution in [0.3, 0.4) is 0 Å². The summed E-state index contributed by atoms with van der Waals surface area (Å²) in [6, 6.07) is 4.12. The van der Waals surface area contributed by atoms with E-state index in [9.17, 15) is 0 Å². The van der Waals surface area contributed by atoms with Crippen LogP contribution in [0, 0.1) is 6.92 Å². The highest BCUT2D eigenvalue weighted by Gasteiger charge is 2.19. The molecule has 19 heavy (non-hydrogen) atoms. The first kappa shape index (κ1) is 12.7. The Kier molecular flexibility index (Phi) is 3.33. The maximum atomic E-state index is 6.17. The van der Waals surface area contributed by atoms with Crippen LogP contribution in [0.4, 0.5) is 11.4 Å². The molecule has 4 nitrogen and oxygen atoms in total. The quantitative estimate of drug-likeness (QED) is 0.877. The Balaban J connectivity index is 1.87. The van der Waals surface area contributed by atoms with Crippen molar-refractivity contribution in [3.05, 3.63) is 17.1 Å². The van der Waals surface area contributed by atoms with Crippen molar-refractivity contribution in [1.82, 2.24) is 4.98 Å². The first-order chi connectivity index (χ1) is 9.13. The van der Waals surface area contributed by atoms with E-state index in [1.54, 1.807) is 11.3 Å². The van der Waals surface area contributed by atoms with Gasteiger partial charge in [-0.2, -0.15) is 0 Å². The average molecular weight is 277 g/mol. The minimum atomic E-state index is 0.331. The van der Waals surface area contributed by atoms with Crippen molar-refractivity contribution in [2.75, 3.05) is 30.8 Å². The number of nitrogens with zero attached hydrogens (tertiary/aromatic N) is 2. The average Bonchev–Trinajstić information content (AvgIpc) is 2.96. The molecule has 5 heteroatoms. The molecular formula is C14H19N3OS. The topological polar surface area (TPSA) is 51.4 Å². The van der Waals surface area contributed by atoms with Crippen molar-refractivity contribution >= 4 is 32.9 Å². The van der Waals surface area contributed by atoms with Crippen LogP contribution in [0.5, 0.6) is 0 Å². The molecule has 2 aromatic rings. The van der Waals surface area contributed by atoms with Crippen molar-refractivity contribution in [3.8, 4) is 0 Å². The van der Waals surface area contributed by atoms with Crippen LogP contribution in [-0.4, -0.2) is 31.3 Å². The highest BCUT2D eigenvalue weighted by Crippen LogP contribution is 2.32. The van der Waals surface area contributed by atoms with Gasteiger partial charge in [0.25, 0.3) is 0 Å². The fourth-order valence-corrected chi connectivity index (χ4v) is 3.47. The predicted octanol–water partition coefficient (Wildman–Crippen LogP) is 2.80. The van der Waals surface area contributed by atoms with Crippen molar-refractivity contribution in [1.29, 1.82) is 0 Å². The number of benzene rings is 1. The van der Waals surface area contributed by atoms with E-state index in [0.717, 1.165) is 52.6 Å². The SMILES string of the molecule is Cc1nc2cc(N(C)CC3CCCO3)c(N)cc2s1. The second kappa shape index (κ2) is 4.98. The molecule has 1 unspecified atom stereocenters. The fraction of sp³-hybridized carbons (Fsp3) is 0.500. The Morgan fingerprint density at radius 2 is 2.37 bits per heavy atom. The first-order valence-electron chi connectivity index (χ1n) is 6.63. The molecule has 3 rings (SSSR count). The lowest BCUT2D eigenvalue weighted by Crippen LogP contribution is -2.29. The second-order valence-electron chi connectivity index (χ2n) is 5.13. The van der Waals surface area contributed by atoms with Gasteiger partial charge in [-0.15, -0.1) is 11.3 Å². The zero-order chi connectivity index (χ0) is 13.4. The van der Waals surface area contributed by atoms with E-state index >= 15 is 0 Å². The zero-order valence-corrected chi connectivity index (χ0v) is 12.2. The van der Waals surface area contributed by atoms with Crippen LogP contribution in [-0.2, 0) is 4.74 Å². The molecule has 0 bridgehead atoms. The molecule has 102 valence electrons. The van der Waals surface area contributed by atoms with E-state index in [2.05, 4.69) is 23.0 Å². The van der Waals surface area contributed by atoms with Crippen LogP contribution < -0.4 is 10.6 Å². The van der Waals surface area contributed by atoms with Gasteiger partial charge in [0, 0.05) is 20.2 Å². The van der Waals surface area contributed by atoms with E-state index in [4.69, 9.17) is 10.5 Å². The third-order valence-corrected chi connectivity index (χ3v) is 4.49. The maximum Gasteiger partial charge on any atom is 0.0907 e. The zero-order valence-electron chi connectivity index (χ0n) is 11.3. The molecule has 1 saturated heterocycles. The van der Waals surface area contributed by atoms with Gasteiger partial charge in [0.05, 0.1) is 32.7 Å². The predicted molar refractivity (Wildman–Crippen MR) is 81.0 cm³/mol. The van der Waals surface area contributed by atoms with Gasteiger partial charge < -0.3 is 15.4 Å². The van der Waals surface area contributed by atoms with E-state index < -0.39 is 0 Å². The van der Waals surface area contributed by atoms with Gasteiger partial charge in [-0.3, -0.25) is 0 Å². The third-order valence-electron chi connectivity index (χ3n) is 3.56. The van der Waals surface area contributed by atoms with E-state index in [0.29, 0.717) is 6.10 Å². The summed E-state index contributed by atoms with van der Waals surface area (Å²) >= 11 is 1.69. The number of anilines is 2. The third kappa shape index (κ3) is 2.53. The molecule has 2 heterocycles. The molecule has 0 spiro atoms. The van der Waals surface area contributed by atoms with E-state index in [1.807, 2.05) is 13.0 Å². The van der Waals surface area contributed by atoms with Gasteiger partial charge in [0.15, 0.2) is 0 Å². The Bertz CT molecular complexity index is 590. The Morgan fingerprint density at radius 3 is 3.11 bits per heavy atom. The molecule has 1 fully saturated rings. The summed E-state index contributed by atoms with van der Waals surface area (Å²) in [5.74, 6) is 0. The Hall–Kier alpha value is -1.33. The van der Waals surface area contributed by atoms with Crippen LogP contribution in [0.25, 0.3) is 10.2 Å². The van der Waals surface area contributed by atoms with E-state index in [-0.39, 0.29) is 0 Å². The molecule has 1 aromatic carbocycles. The van der Waals surface area contributed by atoms with Crippen LogP contribution in [0.1, 0.15) is 17.8 Å². The number of hydrogen-bond donors (Lipinski definition) is 1. The molecule has 0 amide bonds. The summed E-state index contributed by atoms with van der Waals surface area (Å²) < 4.78 is 6.84. The number of nitrogens with two attached hydrogens (primary N) is 1. The highest BCUT2D eigenvalue weighted by atomic mass is 32.1. The van der Waals surface area contributed by atoms with Crippen molar-refractivity contribution in [3.63, 3.8) is 0 Å². The lowest BCUT2D eigenvalue weighted by molar-refractivity contribution is 0.116. The molecule has 0 radical (unpaired) electrons. The lowest BCUT2D eigenvalue weighted by atomic mass is 10.2. The molecule has 0 aliphatic carbocycles. The van der Waals surface area contributed by atoms with Crippen molar-refractivity contribution in [2.24, 2.45) is 0 Å². The minimum Gasteiger partial charge on any atom is -0.397 e.